The molecule has 7 heteroatoms. The molecule has 0 unspecified atom stereocenters. The van der Waals surface area contributed by atoms with E-state index in [9.17, 15) is 22.4 Å². The molecule has 0 saturated heterocycles. The number of carbonyl (C=O) groups is 1. The lowest BCUT2D eigenvalue weighted by atomic mass is 10.00. The number of nitrogens with one attached hydrogen (secondary N) is 1. The van der Waals surface area contributed by atoms with Crippen molar-refractivity contribution >= 4 is 5.91 Å². The fourth-order valence-corrected chi connectivity index (χ4v) is 0.818. The second-order valence-electron chi connectivity index (χ2n) is 4.33. The molecule has 0 aromatic carbocycles. The third kappa shape index (κ3) is 6.60. The zero-order valence-electron chi connectivity index (χ0n) is 9.20. The molecule has 16 heavy (non-hydrogen) atoms. The van der Waals surface area contributed by atoms with Gasteiger partial charge in [0.05, 0.1) is 6.54 Å². The monoisotopic (exact) mass is 244 g/mol. The Morgan fingerprint density at radius 2 is 1.88 bits per heavy atom. The third-order valence-electron chi connectivity index (χ3n) is 1.84. The fraction of sp³-hybridized carbons (Fsp3) is 0.889. The van der Waals surface area contributed by atoms with E-state index in [0.717, 1.165) is 0 Å². The lowest BCUT2D eigenvalue weighted by molar-refractivity contribution is -0.136. The van der Waals surface area contributed by atoms with Crippen molar-refractivity contribution < 1.29 is 22.4 Å². The van der Waals surface area contributed by atoms with Crippen molar-refractivity contribution in [3.63, 3.8) is 0 Å². The quantitative estimate of drug-likeness (QED) is 0.696. The van der Waals surface area contributed by atoms with Gasteiger partial charge >= 0.3 is 12.3 Å². The topological polar surface area (TPSA) is 55.1 Å². The summed E-state index contributed by atoms with van der Waals surface area (Å²) in [6.07, 6.45) is -3.55. The van der Waals surface area contributed by atoms with Crippen LogP contribution in [0.1, 0.15) is 26.7 Å². The molecule has 0 radical (unpaired) electrons. The van der Waals surface area contributed by atoms with Crippen molar-refractivity contribution in [2.24, 2.45) is 5.73 Å². The minimum Gasteiger partial charge on any atom is -0.350 e. The van der Waals surface area contributed by atoms with E-state index in [4.69, 9.17) is 5.73 Å². The van der Waals surface area contributed by atoms with Gasteiger partial charge in [0.15, 0.2) is 0 Å². The molecule has 0 aromatic heterocycles. The number of rotatable bonds is 6. The summed E-state index contributed by atoms with van der Waals surface area (Å²) in [5.41, 5.74) is 4.97. The van der Waals surface area contributed by atoms with Crippen molar-refractivity contribution in [3.8, 4) is 0 Å². The average molecular weight is 244 g/mol. The smallest absolute Gasteiger partial charge is 0.324 e. The lowest BCUT2D eigenvalue weighted by Gasteiger charge is -2.19. The zero-order chi connectivity index (χ0) is 13.0. The molecule has 3 N–H and O–H groups in total. The van der Waals surface area contributed by atoms with Crippen LogP contribution in [0.3, 0.4) is 0 Å². The maximum absolute atomic E-state index is 12.4. The molecule has 0 heterocycles. The van der Waals surface area contributed by atoms with Crippen LogP contribution in [0.15, 0.2) is 0 Å². The highest BCUT2D eigenvalue weighted by molar-refractivity contribution is 5.76. The highest BCUT2D eigenvalue weighted by atomic mass is 19.3. The molecule has 1 amide bonds. The second-order valence-corrected chi connectivity index (χ2v) is 4.33. The average Bonchev–Trinajstić information content (AvgIpc) is 2.10. The Labute approximate surface area is 91.4 Å². The van der Waals surface area contributed by atoms with Crippen LogP contribution in [0.4, 0.5) is 17.6 Å². The van der Waals surface area contributed by atoms with Crippen LogP contribution in [-0.2, 0) is 4.79 Å². The molecule has 0 aromatic rings. The first kappa shape index (κ1) is 15.2. The van der Waals surface area contributed by atoms with Crippen molar-refractivity contribution in [1.82, 2.24) is 5.32 Å². The van der Waals surface area contributed by atoms with Gasteiger partial charge in [-0.2, -0.15) is 8.78 Å². The standard InChI is InChI=1S/C9H16F4N2O/c1-8(2,14)4-3-6(16)15-5-9(12,13)7(10)11/h7H,3-5,14H2,1-2H3,(H,15,16). The van der Waals surface area contributed by atoms with E-state index in [2.05, 4.69) is 0 Å². The predicted molar refractivity (Wildman–Crippen MR) is 51.5 cm³/mol. The van der Waals surface area contributed by atoms with Crippen LogP contribution in [0.5, 0.6) is 0 Å². The first-order chi connectivity index (χ1) is 7.04. The number of carbonyl (C=O) groups excluding carboxylic acids is 1. The number of hydrogen-bond donors (Lipinski definition) is 2. The largest absolute Gasteiger partial charge is 0.350 e. The van der Waals surface area contributed by atoms with E-state index in [-0.39, 0.29) is 6.42 Å². The SMILES string of the molecule is CC(C)(N)CCC(=O)NCC(F)(F)C(F)F. The van der Waals surface area contributed by atoms with E-state index >= 15 is 0 Å². The van der Waals surface area contributed by atoms with Gasteiger partial charge in [-0.3, -0.25) is 4.79 Å². The molecule has 3 nitrogen and oxygen atoms in total. The Kier molecular flexibility index (Phi) is 5.18. The predicted octanol–water partition coefficient (Wildman–Crippen LogP) is 1.52. The second kappa shape index (κ2) is 5.47. The summed E-state index contributed by atoms with van der Waals surface area (Å²) in [4.78, 5) is 11.0. The van der Waals surface area contributed by atoms with Gasteiger partial charge in [0.1, 0.15) is 0 Å². The minimum absolute atomic E-state index is 0.0666. The van der Waals surface area contributed by atoms with Crippen LogP contribution in [0, 0.1) is 0 Å². The van der Waals surface area contributed by atoms with Crippen molar-refractivity contribution in [1.29, 1.82) is 0 Å². The fourth-order valence-electron chi connectivity index (χ4n) is 0.818. The van der Waals surface area contributed by atoms with Crippen LogP contribution >= 0.6 is 0 Å². The molecule has 0 aliphatic heterocycles. The maximum atomic E-state index is 12.4. The van der Waals surface area contributed by atoms with Gasteiger partial charge in [-0.25, -0.2) is 8.78 Å². The van der Waals surface area contributed by atoms with Gasteiger partial charge in [0.25, 0.3) is 0 Å². The van der Waals surface area contributed by atoms with E-state index < -0.39 is 30.3 Å². The molecule has 0 aliphatic rings. The van der Waals surface area contributed by atoms with Gasteiger partial charge < -0.3 is 11.1 Å². The van der Waals surface area contributed by atoms with Crippen molar-refractivity contribution in [3.05, 3.63) is 0 Å². The summed E-state index contributed by atoms with van der Waals surface area (Å²) in [6, 6.07) is 0. The summed E-state index contributed by atoms with van der Waals surface area (Å²) < 4.78 is 48.2. The first-order valence-corrected chi connectivity index (χ1v) is 4.76. The number of amides is 1. The van der Waals surface area contributed by atoms with E-state index in [1.54, 1.807) is 19.2 Å². The van der Waals surface area contributed by atoms with Crippen LogP contribution in [0.25, 0.3) is 0 Å². The van der Waals surface area contributed by atoms with Gasteiger partial charge in [0.2, 0.25) is 5.91 Å². The molecule has 0 spiro atoms. The van der Waals surface area contributed by atoms with Crippen LogP contribution in [0.2, 0.25) is 0 Å². The summed E-state index contributed by atoms with van der Waals surface area (Å²) in [6.45, 7) is 2.00. The first-order valence-electron chi connectivity index (χ1n) is 4.76. The highest BCUT2D eigenvalue weighted by Gasteiger charge is 2.40. The molecule has 0 rings (SSSR count). The number of nitrogens with two attached hydrogens (primary N) is 1. The molecule has 96 valence electrons. The zero-order valence-corrected chi connectivity index (χ0v) is 9.20. The maximum Gasteiger partial charge on any atom is 0.324 e. The number of alkyl halides is 4. The van der Waals surface area contributed by atoms with Crippen molar-refractivity contribution in [2.75, 3.05) is 6.54 Å². The summed E-state index contributed by atoms with van der Waals surface area (Å²) in [5, 5.41) is 1.75. The molecule has 0 fully saturated rings. The Morgan fingerprint density at radius 1 is 1.38 bits per heavy atom. The Bertz CT molecular complexity index is 238. The summed E-state index contributed by atoms with van der Waals surface area (Å²) >= 11 is 0. The van der Waals surface area contributed by atoms with Gasteiger partial charge in [-0.15, -0.1) is 0 Å². The lowest BCUT2D eigenvalue weighted by Crippen LogP contribution is -2.42. The molecular formula is C9H16F4N2O. The Morgan fingerprint density at radius 3 is 2.25 bits per heavy atom. The number of halogens is 4. The van der Waals surface area contributed by atoms with Gasteiger partial charge in [-0.05, 0) is 20.3 Å². The molecule has 0 saturated carbocycles. The van der Waals surface area contributed by atoms with E-state index in [1.807, 2.05) is 0 Å². The summed E-state index contributed by atoms with van der Waals surface area (Å²) in [7, 11) is 0. The Hall–Kier alpha value is -0.850. The highest BCUT2D eigenvalue weighted by Crippen LogP contribution is 2.21. The van der Waals surface area contributed by atoms with E-state index in [0.29, 0.717) is 6.42 Å². The number of hydrogen-bond acceptors (Lipinski definition) is 2. The third-order valence-corrected chi connectivity index (χ3v) is 1.84. The van der Waals surface area contributed by atoms with Crippen LogP contribution in [-0.4, -0.2) is 30.3 Å². The normalized spacial score (nSPS) is 13.0. The molecule has 0 bridgehead atoms. The van der Waals surface area contributed by atoms with E-state index in [1.165, 1.54) is 0 Å². The molecular weight excluding hydrogens is 228 g/mol. The molecule has 0 aliphatic carbocycles. The van der Waals surface area contributed by atoms with Crippen molar-refractivity contribution in [2.45, 2.75) is 44.6 Å². The van der Waals surface area contributed by atoms with Gasteiger partial charge in [0, 0.05) is 12.0 Å². The van der Waals surface area contributed by atoms with Gasteiger partial charge in [-0.1, -0.05) is 0 Å². The summed E-state index contributed by atoms with van der Waals surface area (Å²) in [5.74, 6) is -4.90. The van der Waals surface area contributed by atoms with Crippen LogP contribution < -0.4 is 11.1 Å². The minimum atomic E-state index is -4.19. The molecule has 0 atom stereocenters. The Balaban J connectivity index is 3.91.